The first-order valence-electron chi connectivity index (χ1n) is 11.3. The van der Waals surface area contributed by atoms with Gasteiger partial charge in [0.2, 0.25) is 0 Å². The van der Waals surface area contributed by atoms with Crippen LogP contribution in [0.2, 0.25) is 0 Å². The molecule has 1 aliphatic rings. The monoisotopic (exact) mass is 498 g/mol. The summed E-state index contributed by atoms with van der Waals surface area (Å²) < 4.78 is 0. The minimum absolute atomic E-state index is 0. The third-order valence-electron chi connectivity index (χ3n) is 6.35. The van der Waals surface area contributed by atoms with E-state index in [2.05, 4.69) is 5.32 Å². The van der Waals surface area contributed by atoms with E-state index in [4.69, 9.17) is 10.8 Å². The summed E-state index contributed by atoms with van der Waals surface area (Å²) in [6, 6.07) is 10.7. The molecule has 8 heteroatoms. The van der Waals surface area contributed by atoms with Crippen LogP contribution in [0.3, 0.4) is 0 Å². The Kier molecular flexibility index (Phi) is 12.6. The fraction of sp³-hybridized carbons (Fsp3) is 0.480. The van der Waals surface area contributed by atoms with Crippen LogP contribution in [0.5, 0.6) is 11.5 Å². The maximum absolute atomic E-state index is 10.9. The molecule has 0 saturated carbocycles. The van der Waals surface area contributed by atoms with Crippen molar-refractivity contribution in [2.75, 3.05) is 13.1 Å². The third kappa shape index (κ3) is 8.07. The van der Waals surface area contributed by atoms with Crippen LogP contribution in [-0.4, -0.2) is 40.4 Å². The van der Waals surface area contributed by atoms with Crippen LogP contribution in [-0.2, 0) is 12.8 Å². The number of unbranched alkanes of at least 4 members (excludes halogenated alkanes) is 3. The zero-order chi connectivity index (χ0) is 22.2. The maximum atomic E-state index is 10.9. The van der Waals surface area contributed by atoms with Gasteiger partial charge in [0, 0.05) is 11.6 Å². The van der Waals surface area contributed by atoms with Crippen molar-refractivity contribution in [2.45, 2.75) is 63.3 Å². The highest BCUT2D eigenvalue weighted by Gasteiger charge is 2.29. The van der Waals surface area contributed by atoms with E-state index < -0.39 is 5.97 Å². The molecule has 1 aliphatic carbocycles. The van der Waals surface area contributed by atoms with Crippen LogP contribution in [0.15, 0.2) is 36.4 Å². The Morgan fingerprint density at radius 2 is 1.67 bits per heavy atom. The molecule has 0 radical (unpaired) electrons. The minimum Gasteiger partial charge on any atom is -0.504 e. The van der Waals surface area contributed by atoms with Gasteiger partial charge in [0.05, 0.1) is 5.56 Å². The van der Waals surface area contributed by atoms with Crippen molar-refractivity contribution in [2.24, 2.45) is 5.73 Å². The average Bonchev–Trinajstić information content (AvgIpc) is 2.76. The van der Waals surface area contributed by atoms with E-state index in [1.807, 2.05) is 18.2 Å². The summed E-state index contributed by atoms with van der Waals surface area (Å²) in [4.78, 5) is 10.9. The van der Waals surface area contributed by atoms with E-state index in [9.17, 15) is 15.0 Å². The van der Waals surface area contributed by atoms with Crippen molar-refractivity contribution >= 4 is 30.8 Å². The second kappa shape index (κ2) is 14.3. The molecule has 0 amide bonds. The van der Waals surface area contributed by atoms with E-state index in [1.54, 1.807) is 18.2 Å². The standard InChI is InChI=1S/C25H34N2O4.2ClH/c26-22-12-10-21-19(11-13-23(28)24(21)29)20(22)5-3-1-2-4-15-27-16-14-17-6-8-18(9-7-17)25(30)31;;/h6-9,11,13,20,22,27-29H,1-5,10,12,14-16,26H2,(H,30,31);2*1H. The molecule has 2 aromatic rings. The van der Waals surface area contributed by atoms with Gasteiger partial charge < -0.3 is 26.4 Å². The number of aromatic carboxylic acids is 1. The van der Waals surface area contributed by atoms with Gasteiger partial charge in [-0.2, -0.15) is 0 Å². The molecule has 3 rings (SSSR count). The Balaban J connectivity index is 0.00000272. The number of rotatable bonds is 11. The number of halogens is 2. The minimum atomic E-state index is -0.892. The molecule has 6 N–H and O–H groups in total. The number of nitrogens with two attached hydrogens (primary N) is 1. The Hall–Kier alpha value is -1.99. The molecule has 0 bridgehead atoms. The van der Waals surface area contributed by atoms with Crippen LogP contribution in [0.1, 0.15) is 71.5 Å². The number of nitrogens with one attached hydrogen (secondary N) is 1. The van der Waals surface area contributed by atoms with Crippen molar-refractivity contribution in [1.29, 1.82) is 0 Å². The fourth-order valence-corrected chi connectivity index (χ4v) is 4.50. The zero-order valence-corrected chi connectivity index (χ0v) is 20.5. The van der Waals surface area contributed by atoms with Gasteiger partial charge in [-0.05, 0) is 80.4 Å². The second-order valence-electron chi connectivity index (χ2n) is 8.52. The van der Waals surface area contributed by atoms with Gasteiger partial charge in [-0.1, -0.05) is 37.5 Å². The predicted octanol–water partition coefficient (Wildman–Crippen LogP) is 4.78. The molecular weight excluding hydrogens is 463 g/mol. The number of phenolic OH excluding ortho intramolecular Hbond substituents is 2. The molecule has 184 valence electrons. The highest BCUT2D eigenvalue weighted by atomic mass is 35.5. The number of hydrogen-bond acceptors (Lipinski definition) is 5. The van der Waals surface area contributed by atoms with E-state index >= 15 is 0 Å². The molecule has 0 saturated heterocycles. The van der Waals surface area contributed by atoms with E-state index in [0.29, 0.717) is 5.56 Å². The number of fused-ring (bicyclic) bond motifs is 1. The van der Waals surface area contributed by atoms with E-state index in [0.717, 1.165) is 81.1 Å². The van der Waals surface area contributed by atoms with Gasteiger partial charge in [-0.3, -0.25) is 0 Å². The fourth-order valence-electron chi connectivity index (χ4n) is 4.50. The average molecular weight is 499 g/mol. The first kappa shape index (κ1) is 29.0. The quantitative estimate of drug-likeness (QED) is 0.225. The number of hydrogen-bond donors (Lipinski definition) is 5. The lowest BCUT2D eigenvalue weighted by Crippen LogP contribution is -2.33. The van der Waals surface area contributed by atoms with Crippen LogP contribution in [0.4, 0.5) is 0 Å². The Bertz CT molecular complexity index is 877. The van der Waals surface area contributed by atoms with Crippen molar-refractivity contribution in [3.63, 3.8) is 0 Å². The molecule has 0 spiro atoms. The van der Waals surface area contributed by atoms with Gasteiger partial charge in [0.1, 0.15) is 0 Å². The number of benzene rings is 2. The Labute approximate surface area is 208 Å². The topological polar surface area (TPSA) is 116 Å². The zero-order valence-electron chi connectivity index (χ0n) is 18.8. The predicted molar refractivity (Wildman–Crippen MR) is 136 cm³/mol. The smallest absolute Gasteiger partial charge is 0.335 e. The molecule has 6 nitrogen and oxygen atoms in total. The van der Waals surface area contributed by atoms with Gasteiger partial charge in [0.15, 0.2) is 11.5 Å². The van der Waals surface area contributed by atoms with Crippen LogP contribution in [0.25, 0.3) is 0 Å². The van der Waals surface area contributed by atoms with Gasteiger partial charge in [0.25, 0.3) is 0 Å². The lowest BCUT2D eigenvalue weighted by Gasteiger charge is -2.32. The Morgan fingerprint density at radius 1 is 0.970 bits per heavy atom. The SMILES string of the molecule is Cl.Cl.NC1CCc2c(ccc(O)c2O)C1CCCCCCNCCc1ccc(C(=O)O)cc1. The molecule has 0 fully saturated rings. The number of phenols is 2. The summed E-state index contributed by atoms with van der Waals surface area (Å²) in [6.45, 7) is 1.86. The van der Waals surface area contributed by atoms with E-state index in [1.165, 1.54) is 0 Å². The molecule has 0 aliphatic heterocycles. The van der Waals surface area contributed by atoms with E-state index in [-0.39, 0.29) is 48.3 Å². The van der Waals surface area contributed by atoms with Crippen LogP contribution >= 0.6 is 24.8 Å². The number of carboxylic acid groups (broad SMARTS) is 1. The molecule has 33 heavy (non-hydrogen) atoms. The summed E-state index contributed by atoms with van der Waals surface area (Å²) in [5, 5.41) is 32.3. The van der Waals surface area contributed by atoms with Crippen molar-refractivity contribution in [3.8, 4) is 11.5 Å². The molecule has 2 atom stereocenters. The Morgan fingerprint density at radius 3 is 2.36 bits per heavy atom. The molecular formula is C25H36Cl2N2O4. The number of carbonyl (C=O) groups is 1. The van der Waals surface area contributed by atoms with Crippen molar-refractivity contribution < 1.29 is 20.1 Å². The number of carboxylic acids is 1. The van der Waals surface area contributed by atoms with Crippen LogP contribution in [0, 0.1) is 0 Å². The van der Waals surface area contributed by atoms with Crippen molar-refractivity contribution in [1.82, 2.24) is 5.32 Å². The second-order valence-corrected chi connectivity index (χ2v) is 8.52. The normalized spacial score (nSPS) is 16.9. The third-order valence-corrected chi connectivity index (χ3v) is 6.35. The van der Waals surface area contributed by atoms with Gasteiger partial charge in [-0.25, -0.2) is 4.79 Å². The first-order valence-corrected chi connectivity index (χ1v) is 11.3. The van der Waals surface area contributed by atoms with Crippen molar-refractivity contribution in [3.05, 3.63) is 58.7 Å². The van der Waals surface area contributed by atoms with Gasteiger partial charge in [-0.15, -0.1) is 24.8 Å². The molecule has 2 aromatic carbocycles. The maximum Gasteiger partial charge on any atom is 0.335 e. The largest absolute Gasteiger partial charge is 0.504 e. The molecule has 0 aromatic heterocycles. The lowest BCUT2D eigenvalue weighted by atomic mass is 9.76. The number of aromatic hydroxyl groups is 2. The lowest BCUT2D eigenvalue weighted by molar-refractivity contribution is 0.0697. The first-order chi connectivity index (χ1) is 15.0. The summed E-state index contributed by atoms with van der Waals surface area (Å²) in [6.07, 6.45) is 8.02. The summed E-state index contributed by atoms with van der Waals surface area (Å²) >= 11 is 0. The highest BCUT2D eigenvalue weighted by Crippen LogP contribution is 2.42. The summed E-state index contributed by atoms with van der Waals surface area (Å²) in [5.74, 6) is -0.659. The molecule has 2 unspecified atom stereocenters. The molecule has 0 heterocycles. The van der Waals surface area contributed by atoms with Gasteiger partial charge >= 0.3 is 5.97 Å². The van der Waals surface area contributed by atoms with Crippen LogP contribution < -0.4 is 11.1 Å². The summed E-state index contributed by atoms with van der Waals surface area (Å²) in [5.41, 5.74) is 9.80. The summed E-state index contributed by atoms with van der Waals surface area (Å²) in [7, 11) is 0. The highest BCUT2D eigenvalue weighted by molar-refractivity contribution is 5.87.